The zero-order chi connectivity index (χ0) is 31.1. The minimum Gasteiger partial charge on any atom is -0.465 e. The Bertz CT molecular complexity index is 828. The Balaban J connectivity index is 2.04. The number of carbonyl (C=O) groups is 1. The highest BCUT2D eigenvalue weighted by Crippen LogP contribution is 2.40. The number of aliphatic hydroxyl groups excluding tert-OH is 5. The lowest BCUT2D eigenvalue weighted by atomic mass is 9.78. The van der Waals surface area contributed by atoms with Gasteiger partial charge in [0, 0.05) is 18.3 Å². The summed E-state index contributed by atoms with van der Waals surface area (Å²) in [6.45, 7) is 15.1. The van der Waals surface area contributed by atoms with E-state index in [-0.39, 0.29) is 31.3 Å². The SMILES string of the molecule is C=C(C[C@H](O)CCCC)C[C@H]1O[C@@H]([C@H](O)[C@@]2(O)C[C@H](O)[C@@H](C)[C@@H](CCCCOC(=O)C(C)(C)C)O2)[C@H](C)[C@@H](O)[C@@H]1O. The van der Waals surface area contributed by atoms with Crippen LogP contribution >= 0.6 is 0 Å². The number of rotatable bonds is 14. The molecular formula is C31H56O10. The fourth-order valence-electron chi connectivity index (χ4n) is 5.65. The molecule has 0 unspecified atom stereocenters. The molecule has 2 aliphatic rings. The highest BCUT2D eigenvalue weighted by Gasteiger charge is 2.55. The Labute approximate surface area is 245 Å². The molecule has 41 heavy (non-hydrogen) atoms. The molecule has 2 heterocycles. The number of unbranched alkanes of at least 4 members (excludes halogenated alkanes) is 2. The molecule has 0 aromatic rings. The Morgan fingerprint density at radius 1 is 1.05 bits per heavy atom. The van der Waals surface area contributed by atoms with Gasteiger partial charge in [-0.25, -0.2) is 0 Å². The summed E-state index contributed by atoms with van der Waals surface area (Å²) in [5.41, 5.74) is 0.0692. The van der Waals surface area contributed by atoms with Crippen LogP contribution in [0.3, 0.4) is 0 Å². The molecule has 2 aliphatic heterocycles. The van der Waals surface area contributed by atoms with Crippen molar-refractivity contribution in [3.8, 4) is 0 Å². The van der Waals surface area contributed by atoms with Crippen LogP contribution in [0.2, 0.25) is 0 Å². The van der Waals surface area contributed by atoms with Gasteiger partial charge in [0.1, 0.15) is 12.2 Å². The average Bonchev–Trinajstić information content (AvgIpc) is 2.89. The number of esters is 1. The van der Waals surface area contributed by atoms with Crippen LogP contribution in [0.4, 0.5) is 0 Å². The highest BCUT2D eigenvalue weighted by molar-refractivity contribution is 5.75. The second kappa shape index (κ2) is 15.6. The van der Waals surface area contributed by atoms with Gasteiger partial charge in [0.25, 0.3) is 0 Å². The Kier molecular flexibility index (Phi) is 13.7. The molecule has 0 aliphatic carbocycles. The van der Waals surface area contributed by atoms with E-state index in [0.717, 1.165) is 12.8 Å². The Morgan fingerprint density at radius 2 is 1.71 bits per heavy atom. The topological polar surface area (TPSA) is 166 Å². The van der Waals surface area contributed by atoms with Crippen LogP contribution in [-0.2, 0) is 19.0 Å². The van der Waals surface area contributed by atoms with E-state index in [0.29, 0.717) is 37.7 Å². The summed E-state index contributed by atoms with van der Waals surface area (Å²) in [7, 11) is 0. The van der Waals surface area contributed by atoms with Gasteiger partial charge >= 0.3 is 5.97 Å². The third-order valence-electron chi connectivity index (χ3n) is 8.58. The molecule has 10 heteroatoms. The number of aliphatic hydroxyl groups is 6. The van der Waals surface area contributed by atoms with E-state index >= 15 is 0 Å². The third kappa shape index (κ3) is 9.96. The van der Waals surface area contributed by atoms with Crippen LogP contribution in [0.1, 0.15) is 99.3 Å². The van der Waals surface area contributed by atoms with Gasteiger partial charge in [-0.2, -0.15) is 0 Å². The predicted molar refractivity (Wildman–Crippen MR) is 154 cm³/mol. The van der Waals surface area contributed by atoms with Gasteiger partial charge in [-0.1, -0.05) is 45.8 Å². The van der Waals surface area contributed by atoms with Crippen LogP contribution in [0.25, 0.3) is 0 Å². The van der Waals surface area contributed by atoms with Crippen molar-refractivity contribution >= 4 is 5.97 Å². The molecule has 2 rings (SSSR count). The fourth-order valence-corrected chi connectivity index (χ4v) is 5.65. The van der Waals surface area contributed by atoms with Crippen LogP contribution in [0.15, 0.2) is 12.2 Å². The standard InChI is InChI=1S/C31H56O10/c1-8-9-12-21(32)15-18(2)16-24-26(35)25(34)20(4)27(40-24)28(36)31(38)17-22(33)19(3)23(41-31)13-10-11-14-39-29(37)30(5,6)7/h19-28,32-36,38H,2,8-17H2,1,3-7H3/t19-,20-,21-,22+,23-,24-,25-,26-,27-,28+,31-/m1/s1. The second-order valence-corrected chi connectivity index (χ2v) is 13.4. The molecule has 0 aromatic heterocycles. The Hall–Kier alpha value is -1.11. The minimum absolute atomic E-state index is 0.165. The van der Waals surface area contributed by atoms with Crippen molar-refractivity contribution in [2.75, 3.05) is 6.61 Å². The lowest BCUT2D eigenvalue weighted by Crippen LogP contribution is -2.65. The third-order valence-corrected chi connectivity index (χ3v) is 8.58. The van der Waals surface area contributed by atoms with Gasteiger partial charge in [0.2, 0.25) is 0 Å². The largest absolute Gasteiger partial charge is 0.465 e. The molecule has 0 amide bonds. The zero-order valence-corrected chi connectivity index (χ0v) is 25.9. The van der Waals surface area contributed by atoms with Crippen LogP contribution in [0.5, 0.6) is 0 Å². The minimum atomic E-state index is -2.14. The molecule has 0 spiro atoms. The summed E-state index contributed by atoms with van der Waals surface area (Å²) >= 11 is 0. The van der Waals surface area contributed by atoms with E-state index in [1.807, 2.05) is 13.8 Å². The van der Waals surface area contributed by atoms with Gasteiger partial charge in [-0.05, 0) is 59.3 Å². The molecule has 240 valence electrons. The summed E-state index contributed by atoms with van der Waals surface area (Å²) in [4.78, 5) is 12.0. The van der Waals surface area contributed by atoms with Gasteiger partial charge in [0.05, 0.1) is 48.6 Å². The zero-order valence-electron chi connectivity index (χ0n) is 25.9. The molecule has 0 saturated carbocycles. The van der Waals surface area contributed by atoms with E-state index in [4.69, 9.17) is 14.2 Å². The van der Waals surface area contributed by atoms with Crippen LogP contribution in [0, 0.1) is 17.3 Å². The summed E-state index contributed by atoms with van der Waals surface area (Å²) in [5, 5.41) is 65.4. The molecule has 11 atom stereocenters. The number of hydrogen-bond donors (Lipinski definition) is 6. The van der Waals surface area contributed by atoms with Gasteiger partial charge < -0.3 is 44.8 Å². The first-order chi connectivity index (χ1) is 19.0. The van der Waals surface area contributed by atoms with E-state index in [9.17, 15) is 35.4 Å². The summed E-state index contributed by atoms with van der Waals surface area (Å²) < 4.78 is 17.4. The maximum absolute atomic E-state index is 12.0. The monoisotopic (exact) mass is 588 g/mol. The summed E-state index contributed by atoms with van der Waals surface area (Å²) in [5.74, 6) is -3.49. The molecule has 0 aromatic carbocycles. The van der Waals surface area contributed by atoms with Gasteiger partial charge in [-0.3, -0.25) is 4.79 Å². The van der Waals surface area contributed by atoms with Crippen molar-refractivity contribution in [1.82, 2.24) is 0 Å². The van der Waals surface area contributed by atoms with Crippen LogP contribution in [-0.4, -0.2) is 97.8 Å². The number of hydrogen-bond acceptors (Lipinski definition) is 10. The van der Waals surface area contributed by atoms with Crippen molar-refractivity contribution in [2.45, 2.75) is 154 Å². The van der Waals surface area contributed by atoms with Crippen molar-refractivity contribution < 1.29 is 49.6 Å². The molecule has 2 saturated heterocycles. The molecule has 0 bridgehead atoms. The maximum Gasteiger partial charge on any atom is 0.311 e. The summed E-state index contributed by atoms with van der Waals surface area (Å²) in [6, 6.07) is 0. The number of carbonyl (C=O) groups excluding carboxylic acids is 1. The molecule has 2 fully saturated rings. The quantitative estimate of drug-likeness (QED) is 0.101. The molecular weight excluding hydrogens is 532 g/mol. The van der Waals surface area contributed by atoms with Crippen molar-refractivity contribution in [2.24, 2.45) is 17.3 Å². The lowest BCUT2D eigenvalue weighted by molar-refractivity contribution is -0.350. The first-order valence-electron chi connectivity index (χ1n) is 15.3. The average molecular weight is 589 g/mol. The first-order valence-corrected chi connectivity index (χ1v) is 15.3. The fraction of sp³-hybridized carbons (Fsp3) is 0.903. The smallest absolute Gasteiger partial charge is 0.311 e. The van der Waals surface area contributed by atoms with E-state index < -0.39 is 66.0 Å². The lowest BCUT2D eigenvalue weighted by Gasteiger charge is -2.50. The van der Waals surface area contributed by atoms with E-state index in [1.54, 1.807) is 27.7 Å². The number of ether oxygens (including phenoxy) is 3. The molecule has 0 radical (unpaired) electrons. The highest BCUT2D eigenvalue weighted by atomic mass is 16.7. The predicted octanol–water partition coefficient (Wildman–Crippen LogP) is 2.59. The van der Waals surface area contributed by atoms with E-state index in [1.165, 1.54) is 0 Å². The van der Waals surface area contributed by atoms with Crippen molar-refractivity contribution in [3.05, 3.63) is 12.2 Å². The second-order valence-electron chi connectivity index (χ2n) is 13.4. The van der Waals surface area contributed by atoms with E-state index in [2.05, 4.69) is 6.58 Å². The molecule has 10 nitrogen and oxygen atoms in total. The molecule has 6 N–H and O–H groups in total. The first kappa shape index (κ1) is 36.1. The van der Waals surface area contributed by atoms with Gasteiger partial charge in [-0.15, -0.1) is 0 Å². The normalized spacial score (nSPS) is 36.0. The van der Waals surface area contributed by atoms with Crippen molar-refractivity contribution in [1.29, 1.82) is 0 Å². The maximum atomic E-state index is 12.0. The summed E-state index contributed by atoms with van der Waals surface area (Å²) in [6.07, 6.45) is -3.82. The Morgan fingerprint density at radius 3 is 2.32 bits per heavy atom. The van der Waals surface area contributed by atoms with Crippen molar-refractivity contribution in [3.63, 3.8) is 0 Å². The van der Waals surface area contributed by atoms with Crippen LogP contribution < -0.4 is 0 Å². The van der Waals surface area contributed by atoms with Gasteiger partial charge in [0.15, 0.2) is 5.79 Å².